The van der Waals surface area contributed by atoms with Crippen molar-refractivity contribution in [1.29, 1.82) is 0 Å². The number of aryl methyl sites for hydroxylation is 2. The Balaban J connectivity index is 3.14. The molecule has 1 amide bonds. The number of alkyl halides is 1. The number of amides is 1. The summed E-state index contributed by atoms with van der Waals surface area (Å²) in [6.45, 7) is 7.66. The van der Waals surface area contributed by atoms with Crippen LogP contribution in [0.1, 0.15) is 42.5 Å². The molecule has 0 aromatic carbocycles. The first-order valence-electron chi connectivity index (χ1n) is 6.00. The Morgan fingerprint density at radius 2 is 2.06 bits per heavy atom. The van der Waals surface area contributed by atoms with E-state index >= 15 is 0 Å². The predicted octanol–water partition coefficient (Wildman–Crippen LogP) is 2.44. The van der Waals surface area contributed by atoms with Crippen molar-refractivity contribution in [2.75, 3.05) is 12.9 Å². The fourth-order valence-corrected chi connectivity index (χ4v) is 1.68. The third-order valence-corrected chi connectivity index (χ3v) is 3.75. The van der Waals surface area contributed by atoms with E-state index in [9.17, 15) is 4.79 Å². The van der Waals surface area contributed by atoms with Crippen LogP contribution in [-0.2, 0) is 6.42 Å². The summed E-state index contributed by atoms with van der Waals surface area (Å²) < 4.78 is 0. The third kappa shape index (κ3) is 2.99. The molecule has 0 bridgehead atoms. The van der Waals surface area contributed by atoms with Crippen molar-refractivity contribution in [1.82, 2.24) is 15.1 Å². The van der Waals surface area contributed by atoms with Gasteiger partial charge in [-0.3, -0.25) is 4.79 Å². The van der Waals surface area contributed by atoms with Gasteiger partial charge in [0.2, 0.25) is 0 Å². The van der Waals surface area contributed by atoms with Crippen molar-refractivity contribution in [3.63, 3.8) is 0 Å². The Kier molecular flexibility index (Phi) is 4.68. The van der Waals surface area contributed by atoms with Crippen molar-refractivity contribution < 1.29 is 4.79 Å². The quantitative estimate of drug-likeness (QED) is 0.789. The normalized spacial score (nSPS) is 11.4. The zero-order valence-corrected chi connectivity index (χ0v) is 12.4. The summed E-state index contributed by atoms with van der Waals surface area (Å²) in [5.74, 6) is 0.323. The molecule has 0 aliphatic heterocycles. The van der Waals surface area contributed by atoms with Crippen LogP contribution < -0.4 is 0 Å². The highest BCUT2D eigenvalue weighted by Crippen LogP contribution is 2.19. The van der Waals surface area contributed by atoms with Crippen LogP contribution >= 0.6 is 11.6 Å². The molecular weight excluding hydrogens is 250 g/mol. The maximum absolute atomic E-state index is 12.5. The first-order chi connectivity index (χ1) is 8.33. The second-order valence-electron chi connectivity index (χ2n) is 5.01. The lowest BCUT2D eigenvalue weighted by atomic mass is 10.0. The van der Waals surface area contributed by atoms with E-state index in [0.29, 0.717) is 17.9 Å². The molecule has 0 saturated carbocycles. The molecule has 0 fully saturated rings. The Labute approximate surface area is 113 Å². The number of nitrogens with zero attached hydrogens (tertiary/aromatic N) is 3. The largest absolute Gasteiger partial charge is 0.335 e. The Morgan fingerprint density at radius 1 is 1.44 bits per heavy atom. The maximum Gasteiger partial charge on any atom is 0.256 e. The highest BCUT2D eigenvalue weighted by molar-refractivity contribution is 6.18. The second kappa shape index (κ2) is 5.65. The van der Waals surface area contributed by atoms with E-state index in [1.807, 2.05) is 27.7 Å². The van der Waals surface area contributed by atoms with Gasteiger partial charge < -0.3 is 4.90 Å². The average molecular weight is 270 g/mol. The van der Waals surface area contributed by atoms with Gasteiger partial charge in [0.25, 0.3) is 5.91 Å². The van der Waals surface area contributed by atoms with E-state index in [4.69, 9.17) is 11.6 Å². The standard InChI is InChI=1S/C13H20ClN3O/c1-6-11-10(7-9(2)15-16-11)12(18)17(5)13(3,4)8-14/h7H,6,8H2,1-5H3. The topological polar surface area (TPSA) is 46.1 Å². The fourth-order valence-electron chi connectivity index (χ4n) is 1.51. The van der Waals surface area contributed by atoms with Crippen LogP contribution in [0.25, 0.3) is 0 Å². The van der Waals surface area contributed by atoms with Gasteiger partial charge in [-0.25, -0.2) is 0 Å². The molecular formula is C13H20ClN3O. The van der Waals surface area contributed by atoms with E-state index in [2.05, 4.69) is 10.2 Å². The summed E-state index contributed by atoms with van der Waals surface area (Å²) in [7, 11) is 1.76. The first-order valence-corrected chi connectivity index (χ1v) is 6.54. The van der Waals surface area contributed by atoms with Gasteiger partial charge >= 0.3 is 0 Å². The molecule has 0 spiro atoms. The van der Waals surface area contributed by atoms with Gasteiger partial charge in [0.05, 0.1) is 22.5 Å². The molecule has 0 radical (unpaired) electrons. The predicted molar refractivity (Wildman–Crippen MR) is 73.0 cm³/mol. The number of carbonyl (C=O) groups is 1. The van der Waals surface area contributed by atoms with Crippen molar-refractivity contribution >= 4 is 17.5 Å². The van der Waals surface area contributed by atoms with E-state index in [1.165, 1.54) is 0 Å². The zero-order valence-electron chi connectivity index (χ0n) is 11.6. The molecule has 0 saturated heterocycles. The molecule has 5 heteroatoms. The van der Waals surface area contributed by atoms with Crippen LogP contribution in [0.15, 0.2) is 6.07 Å². The smallest absolute Gasteiger partial charge is 0.256 e. The van der Waals surface area contributed by atoms with E-state index in [1.54, 1.807) is 18.0 Å². The highest BCUT2D eigenvalue weighted by atomic mass is 35.5. The monoisotopic (exact) mass is 269 g/mol. The van der Waals surface area contributed by atoms with Gasteiger partial charge in [0.1, 0.15) is 0 Å². The van der Waals surface area contributed by atoms with Gasteiger partial charge in [-0.05, 0) is 33.3 Å². The highest BCUT2D eigenvalue weighted by Gasteiger charge is 2.28. The van der Waals surface area contributed by atoms with Crippen LogP contribution in [0, 0.1) is 6.92 Å². The van der Waals surface area contributed by atoms with Crippen LogP contribution in [0.3, 0.4) is 0 Å². The fraction of sp³-hybridized carbons (Fsp3) is 0.615. The summed E-state index contributed by atoms with van der Waals surface area (Å²) in [4.78, 5) is 14.1. The van der Waals surface area contributed by atoms with Gasteiger partial charge in [0, 0.05) is 12.9 Å². The van der Waals surface area contributed by atoms with Crippen LogP contribution in [0.2, 0.25) is 0 Å². The molecule has 100 valence electrons. The number of hydrogen-bond acceptors (Lipinski definition) is 3. The summed E-state index contributed by atoms with van der Waals surface area (Å²) in [6, 6.07) is 1.79. The molecule has 1 heterocycles. The van der Waals surface area contributed by atoms with Crippen LogP contribution in [0.4, 0.5) is 0 Å². The molecule has 1 rings (SSSR count). The van der Waals surface area contributed by atoms with Gasteiger partial charge in [-0.15, -0.1) is 11.6 Å². The van der Waals surface area contributed by atoms with E-state index in [0.717, 1.165) is 11.4 Å². The Hall–Kier alpha value is -1.16. The lowest BCUT2D eigenvalue weighted by Gasteiger charge is -2.34. The summed E-state index contributed by atoms with van der Waals surface area (Å²) in [5, 5.41) is 8.07. The third-order valence-electron chi connectivity index (χ3n) is 3.10. The first kappa shape index (κ1) is 14.9. The molecule has 0 aliphatic carbocycles. The van der Waals surface area contributed by atoms with Crippen molar-refractivity contribution in [3.8, 4) is 0 Å². The van der Waals surface area contributed by atoms with Crippen molar-refractivity contribution in [3.05, 3.63) is 23.0 Å². The molecule has 1 aromatic rings. The molecule has 0 unspecified atom stereocenters. The minimum Gasteiger partial charge on any atom is -0.335 e. The summed E-state index contributed by atoms with van der Waals surface area (Å²) in [6.07, 6.45) is 0.684. The second-order valence-corrected chi connectivity index (χ2v) is 5.28. The Bertz CT molecular complexity index is 446. The van der Waals surface area contributed by atoms with Gasteiger partial charge in [0.15, 0.2) is 0 Å². The number of carbonyl (C=O) groups excluding carboxylic acids is 1. The number of aromatic nitrogens is 2. The minimum atomic E-state index is -0.388. The zero-order chi connectivity index (χ0) is 13.9. The van der Waals surface area contributed by atoms with Crippen LogP contribution in [-0.4, -0.2) is 39.5 Å². The van der Waals surface area contributed by atoms with Crippen LogP contribution in [0.5, 0.6) is 0 Å². The summed E-state index contributed by atoms with van der Waals surface area (Å²) >= 11 is 5.90. The molecule has 0 atom stereocenters. The van der Waals surface area contributed by atoms with Gasteiger partial charge in [-0.1, -0.05) is 6.92 Å². The number of hydrogen-bond donors (Lipinski definition) is 0. The van der Waals surface area contributed by atoms with Gasteiger partial charge in [-0.2, -0.15) is 10.2 Å². The Morgan fingerprint density at radius 3 is 2.56 bits per heavy atom. The SMILES string of the molecule is CCc1nnc(C)cc1C(=O)N(C)C(C)(C)CCl. The van der Waals surface area contributed by atoms with Crippen molar-refractivity contribution in [2.24, 2.45) is 0 Å². The lowest BCUT2D eigenvalue weighted by molar-refractivity contribution is 0.0658. The minimum absolute atomic E-state index is 0.0597. The average Bonchev–Trinajstić information content (AvgIpc) is 2.36. The number of rotatable bonds is 4. The maximum atomic E-state index is 12.5. The summed E-state index contributed by atoms with van der Waals surface area (Å²) in [5.41, 5.74) is 1.70. The van der Waals surface area contributed by atoms with Crippen molar-refractivity contribution in [2.45, 2.75) is 39.7 Å². The number of halogens is 1. The molecule has 1 aromatic heterocycles. The molecule has 18 heavy (non-hydrogen) atoms. The molecule has 4 nitrogen and oxygen atoms in total. The molecule has 0 aliphatic rings. The lowest BCUT2D eigenvalue weighted by Crippen LogP contribution is -2.46. The van der Waals surface area contributed by atoms with E-state index < -0.39 is 0 Å². The van der Waals surface area contributed by atoms with E-state index in [-0.39, 0.29) is 11.4 Å². The molecule has 0 N–H and O–H groups in total.